The van der Waals surface area contributed by atoms with E-state index in [1.807, 2.05) is 91.4 Å². The van der Waals surface area contributed by atoms with E-state index in [-0.39, 0.29) is 29.6 Å². The smallest absolute Gasteiger partial charge is 0.328 e. The van der Waals surface area contributed by atoms with Crippen molar-refractivity contribution in [2.45, 2.75) is 79.4 Å². The average Bonchev–Trinajstić information content (AvgIpc) is 4.16. The number of Topliss-reactive ketones (excluding diaryl/α,β-unsaturated/α-hetero) is 2. The zero-order valence-corrected chi connectivity index (χ0v) is 43.2. The van der Waals surface area contributed by atoms with E-state index in [0.29, 0.717) is 41.6 Å². The Hall–Kier alpha value is -5.72. The third kappa shape index (κ3) is 11.3. The molecule has 0 fully saturated rings. The van der Waals surface area contributed by atoms with E-state index in [0.717, 1.165) is 97.6 Å². The van der Waals surface area contributed by atoms with Crippen LogP contribution in [0, 0.1) is 27.7 Å². The lowest BCUT2D eigenvalue weighted by Crippen LogP contribution is -2.24. The summed E-state index contributed by atoms with van der Waals surface area (Å²) in [6, 6.07) is 15.5. The van der Waals surface area contributed by atoms with Gasteiger partial charge in [0.1, 0.15) is 23.7 Å². The van der Waals surface area contributed by atoms with Gasteiger partial charge in [-0.3, -0.25) is 23.2 Å². The van der Waals surface area contributed by atoms with Crippen molar-refractivity contribution in [1.29, 1.82) is 0 Å². The van der Waals surface area contributed by atoms with Crippen LogP contribution in [0.3, 0.4) is 0 Å². The van der Waals surface area contributed by atoms with Crippen molar-refractivity contribution in [3.05, 3.63) is 137 Å². The summed E-state index contributed by atoms with van der Waals surface area (Å²) in [4.78, 5) is 62.6. The number of ether oxygens (including phenoxy) is 2. The van der Waals surface area contributed by atoms with Crippen LogP contribution >= 0.6 is 68.5 Å². The monoisotopic (exact) mass is 1040 g/mol. The summed E-state index contributed by atoms with van der Waals surface area (Å²) in [6.07, 6.45) is 12.6. The van der Waals surface area contributed by atoms with E-state index in [9.17, 15) is 19.2 Å². The number of fused-ring (bicyclic) bond motifs is 4. The van der Waals surface area contributed by atoms with Crippen LogP contribution in [0.4, 0.5) is 0 Å². The van der Waals surface area contributed by atoms with Gasteiger partial charge in [-0.25, -0.2) is 14.8 Å². The Morgan fingerprint density at radius 2 is 1.17 bits per heavy atom. The number of nitrogens with two attached hydrogens (primary N) is 1. The highest BCUT2D eigenvalue weighted by Gasteiger charge is 2.28. The molecular formula is C51H47Cl2N5O7S4. The molecule has 0 bridgehead atoms. The molecule has 356 valence electrons. The number of imidazole rings is 2. The van der Waals surface area contributed by atoms with Crippen LogP contribution in [0.15, 0.2) is 73.1 Å². The van der Waals surface area contributed by atoms with E-state index in [1.165, 1.54) is 27.6 Å². The van der Waals surface area contributed by atoms with E-state index < -0.39 is 5.97 Å². The standard InChI is InChI=1S/C26H23ClN2O3S2.C15H14ClNO2S.C10H10N2O2S/c1-14-13-29-22(15(2)28-26(29)33-14)7-5-19(31)4-6-20-11-18-10-17(12-21(27)25(18)32-20)24-9-8-23(34-24)16(3)30;1-8(18)13-2-3-14(20-13)9-4-10-5-11(7-17)19-15(10)12(16)6-9;1-6-5-12-8(3-4-9(13)14)7(2)11-10(12)15-6/h5,7-10,12-13,20H,4,6,11H2,1-3H3;2-4,6,11H,5,7,17H2,1H3;3-5H,1-2H3,(H,13,14)/b7-5+;;4-3+. The second-order valence-corrected chi connectivity index (χ2v) is 22.0. The third-order valence-corrected chi connectivity index (χ3v) is 16.1. The summed E-state index contributed by atoms with van der Waals surface area (Å²) in [5, 5.41) is 9.73. The molecule has 2 unspecified atom stereocenters. The predicted molar refractivity (Wildman–Crippen MR) is 280 cm³/mol. The van der Waals surface area contributed by atoms with Crippen LogP contribution in [0.1, 0.15) is 89.7 Å². The molecule has 0 saturated carbocycles. The zero-order chi connectivity index (χ0) is 49.3. The summed E-state index contributed by atoms with van der Waals surface area (Å²) < 4.78 is 15.7. The molecule has 0 aliphatic carbocycles. The maximum atomic E-state index is 12.6. The van der Waals surface area contributed by atoms with Gasteiger partial charge in [0, 0.05) is 74.9 Å². The van der Waals surface area contributed by atoms with Crippen molar-refractivity contribution in [3.63, 3.8) is 0 Å². The number of halogens is 2. The number of aliphatic carboxylic acids is 1. The topological polar surface area (TPSA) is 168 Å². The molecule has 2 aliphatic rings. The highest BCUT2D eigenvalue weighted by atomic mass is 35.5. The summed E-state index contributed by atoms with van der Waals surface area (Å²) in [5.74, 6) is 0.698. The molecule has 12 nitrogen and oxygen atoms in total. The van der Waals surface area contributed by atoms with Gasteiger partial charge in [-0.05, 0) is 126 Å². The number of carbonyl (C=O) groups excluding carboxylic acids is 3. The van der Waals surface area contributed by atoms with Crippen LogP contribution < -0.4 is 15.2 Å². The molecule has 2 atom stereocenters. The molecule has 10 rings (SSSR count). The second-order valence-electron chi connectivity index (χ2n) is 16.6. The summed E-state index contributed by atoms with van der Waals surface area (Å²) in [5.41, 5.74) is 13.3. The van der Waals surface area contributed by atoms with Crippen LogP contribution in [-0.2, 0) is 22.4 Å². The Balaban J connectivity index is 0.000000155. The molecule has 3 N–H and O–H groups in total. The number of allylic oxidation sites excluding steroid dienone is 1. The first kappa shape index (κ1) is 49.7. The Labute approximate surface area is 424 Å². The maximum absolute atomic E-state index is 12.6. The number of carboxylic acid groups (broad SMARTS) is 1. The maximum Gasteiger partial charge on any atom is 0.328 e. The van der Waals surface area contributed by atoms with Crippen molar-refractivity contribution >= 4 is 114 Å². The number of benzene rings is 2. The van der Waals surface area contributed by atoms with Crippen molar-refractivity contribution in [2.75, 3.05) is 6.54 Å². The molecular weight excluding hydrogens is 994 g/mol. The molecule has 18 heteroatoms. The van der Waals surface area contributed by atoms with Gasteiger partial charge in [0.2, 0.25) is 0 Å². The molecule has 0 spiro atoms. The Morgan fingerprint density at radius 3 is 1.62 bits per heavy atom. The Kier molecular flexibility index (Phi) is 15.2. The molecule has 0 radical (unpaired) electrons. The van der Waals surface area contributed by atoms with Crippen LogP contribution in [-0.4, -0.2) is 65.9 Å². The van der Waals surface area contributed by atoms with Gasteiger partial charge in [0.15, 0.2) is 27.3 Å². The van der Waals surface area contributed by atoms with Crippen molar-refractivity contribution in [2.24, 2.45) is 5.73 Å². The van der Waals surface area contributed by atoms with Gasteiger partial charge in [0.25, 0.3) is 0 Å². The lowest BCUT2D eigenvalue weighted by molar-refractivity contribution is -0.131. The average molecular weight is 1040 g/mol. The lowest BCUT2D eigenvalue weighted by Gasteiger charge is -2.10. The molecule has 0 saturated heterocycles. The minimum absolute atomic E-state index is 0.00821. The molecule has 8 aromatic rings. The number of aryl methyl sites for hydroxylation is 4. The number of thiazole rings is 2. The number of carboxylic acids is 1. The van der Waals surface area contributed by atoms with Crippen LogP contribution in [0.2, 0.25) is 10.0 Å². The predicted octanol–water partition coefficient (Wildman–Crippen LogP) is 12.6. The minimum Gasteiger partial charge on any atom is -0.488 e. The first-order chi connectivity index (χ1) is 32.9. The summed E-state index contributed by atoms with van der Waals surface area (Å²) in [6.45, 7) is 11.5. The fraction of sp³-hybridized carbons (Fsp3) is 0.255. The minimum atomic E-state index is -0.948. The molecule has 8 heterocycles. The van der Waals surface area contributed by atoms with E-state index >= 15 is 0 Å². The lowest BCUT2D eigenvalue weighted by atomic mass is 10.0. The number of hydrogen-bond acceptors (Lipinski definition) is 13. The SMILES string of the molecule is CC(=O)c1ccc(-c2cc(Cl)c3c(c2)CC(CCC(=O)/C=C/c2c(C)nc4sc(C)cn24)O3)s1.CC(=O)c1ccc(-c2cc(Cl)c3c(c2)CC(CN)O3)s1.Cc1cn2c(/C=C/C(=O)O)c(C)nc2s1. The van der Waals surface area contributed by atoms with Gasteiger partial charge in [-0.2, -0.15) is 0 Å². The number of aromatic nitrogens is 4. The quantitative estimate of drug-likeness (QED) is 0.0888. The second kappa shape index (κ2) is 21.1. The first-order valence-electron chi connectivity index (χ1n) is 21.9. The van der Waals surface area contributed by atoms with E-state index in [2.05, 4.69) is 22.1 Å². The molecule has 6 aromatic heterocycles. The van der Waals surface area contributed by atoms with Crippen molar-refractivity contribution < 1.29 is 33.8 Å². The Bertz CT molecular complexity index is 3350. The van der Waals surface area contributed by atoms with Gasteiger partial charge in [-0.15, -0.1) is 45.3 Å². The Morgan fingerprint density at radius 1 is 0.710 bits per heavy atom. The highest BCUT2D eigenvalue weighted by Crippen LogP contribution is 2.43. The van der Waals surface area contributed by atoms with Crippen molar-refractivity contribution in [1.82, 2.24) is 18.8 Å². The first-order valence-corrected chi connectivity index (χ1v) is 25.9. The fourth-order valence-corrected chi connectivity index (χ4v) is 12.1. The normalized spacial score (nSPS) is 14.9. The van der Waals surface area contributed by atoms with Gasteiger partial charge in [-0.1, -0.05) is 23.2 Å². The molecule has 2 aromatic carbocycles. The number of rotatable bonds is 12. The van der Waals surface area contributed by atoms with Crippen LogP contribution in [0.25, 0.3) is 43.0 Å². The fourth-order valence-electron chi connectivity index (χ4n) is 7.99. The number of thiophene rings is 2. The van der Waals surface area contributed by atoms with Crippen molar-refractivity contribution in [3.8, 4) is 32.4 Å². The molecule has 0 amide bonds. The summed E-state index contributed by atoms with van der Waals surface area (Å²) in [7, 11) is 0. The van der Waals surface area contributed by atoms with E-state index in [4.69, 9.17) is 43.5 Å². The van der Waals surface area contributed by atoms with Crippen LogP contribution in [0.5, 0.6) is 11.5 Å². The third-order valence-electron chi connectivity index (χ3n) is 11.3. The zero-order valence-electron chi connectivity index (χ0n) is 38.4. The van der Waals surface area contributed by atoms with Gasteiger partial charge in [0.05, 0.1) is 42.6 Å². The number of nitrogens with zero attached hydrogens (tertiary/aromatic N) is 4. The number of ketones is 3. The molecule has 2 aliphatic heterocycles. The van der Waals surface area contributed by atoms with Gasteiger partial charge < -0.3 is 20.3 Å². The van der Waals surface area contributed by atoms with Gasteiger partial charge >= 0.3 is 5.97 Å². The number of hydrogen-bond donors (Lipinski definition) is 2. The molecule has 69 heavy (non-hydrogen) atoms. The highest BCUT2D eigenvalue weighted by molar-refractivity contribution is 7.18. The summed E-state index contributed by atoms with van der Waals surface area (Å²) >= 11 is 19.0. The van der Waals surface area contributed by atoms with E-state index in [1.54, 1.807) is 48.7 Å². The largest absolute Gasteiger partial charge is 0.488 e. The number of carbonyl (C=O) groups is 4.